The summed E-state index contributed by atoms with van der Waals surface area (Å²) in [7, 11) is 1.54. The lowest BCUT2D eigenvalue weighted by Gasteiger charge is -2.06. The van der Waals surface area contributed by atoms with Crippen LogP contribution < -0.4 is 19.6 Å². The number of nitrogens with one attached hydrogen (secondary N) is 1. The monoisotopic (exact) mass is 449 g/mol. The third-order valence-corrected chi connectivity index (χ3v) is 4.24. The number of rotatable bonds is 9. The first-order chi connectivity index (χ1) is 15.9. The summed E-state index contributed by atoms with van der Waals surface area (Å²) < 4.78 is 15.6. The Kier molecular flexibility index (Phi) is 7.68. The van der Waals surface area contributed by atoms with Gasteiger partial charge in [0, 0.05) is 12.1 Å². The predicted molar refractivity (Wildman–Crippen MR) is 119 cm³/mol. The lowest BCUT2D eigenvalue weighted by Crippen LogP contribution is -2.24. The Bertz CT molecular complexity index is 1140. The number of benzene rings is 3. The van der Waals surface area contributed by atoms with Crippen LogP contribution in [0.3, 0.4) is 0 Å². The van der Waals surface area contributed by atoms with E-state index in [1.807, 2.05) is 0 Å². The van der Waals surface area contributed by atoms with Gasteiger partial charge in [0.15, 0.2) is 6.61 Å². The number of methoxy groups -OCH3 is 1. The number of nitro benzene ring substituents is 1. The van der Waals surface area contributed by atoms with Crippen molar-refractivity contribution in [2.75, 3.05) is 13.7 Å². The van der Waals surface area contributed by atoms with Crippen molar-refractivity contribution in [3.05, 3.63) is 94.0 Å². The number of esters is 1. The summed E-state index contributed by atoms with van der Waals surface area (Å²) in [5.74, 6) is 0.308. The molecule has 0 heterocycles. The first kappa shape index (κ1) is 22.9. The fourth-order valence-corrected chi connectivity index (χ4v) is 2.54. The van der Waals surface area contributed by atoms with Gasteiger partial charge in [-0.05, 0) is 66.2 Å². The molecule has 0 aliphatic carbocycles. The molecule has 1 N–H and O–H groups in total. The van der Waals surface area contributed by atoms with E-state index in [1.165, 1.54) is 30.5 Å². The van der Waals surface area contributed by atoms with Crippen LogP contribution in [0.15, 0.2) is 77.9 Å². The first-order valence-electron chi connectivity index (χ1n) is 9.60. The number of nitrogens with zero attached hydrogens (tertiary/aromatic N) is 2. The van der Waals surface area contributed by atoms with E-state index in [-0.39, 0.29) is 12.3 Å². The van der Waals surface area contributed by atoms with Gasteiger partial charge in [-0.2, -0.15) is 5.10 Å². The van der Waals surface area contributed by atoms with Gasteiger partial charge in [-0.3, -0.25) is 14.9 Å². The zero-order valence-corrected chi connectivity index (χ0v) is 17.5. The quantitative estimate of drug-likeness (QED) is 0.174. The minimum Gasteiger partial charge on any atom is -0.497 e. The lowest BCUT2D eigenvalue weighted by molar-refractivity contribution is -0.384. The smallest absolute Gasteiger partial charge is 0.343 e. The molecule has 0 aliphatic rings. The largest absolute Gasteiger partial charge is 0.497 e. The van der Waals surface area contributed by atoms with E-state index in [9.17, 15) is 19.7 Å². The van der Waals surface area contributed by atoms with Gasteiger partial charge in [0.25, 0.3) is 11.6 Å². The molecule has 0 bridgehead atoms. The van der Waals surface area contributed by atoms with Crippen molar-refractivity contribution >= 4 is 23.8 Å². The predicted octanol–water partition coefficient (Wildman–Crippen LogP) is 3.35. The molecule has 3 rings (SSSR count). The Morgan fingerprint density at radius 1 is 0.939 bits per heavy atom. The van der Waals surface area contributed by atoms with Crippen molar-refractivity contribution < 1.29 is 28.7 Å². The van der Waals surface area contributed by atoms with Gasteiger partial charge in [0.1, 0.15) is 17.2 Å². The second kappa shape index (κ2) is 11.0. The Morgan fingerprint density at radius 3 is 2.15 bits per heavy atom. The van der Waals surface area contributed by atoms with Gasteiger partial charge in [-0.15, -0.1) is 0 Å². The molecule has 33 heavy (non-hydrogen) atoms. The maximum absolute atomic E-state index is 12.2. The van der Waals surface area contributed by atoms with Crippen molar-refractivity contribution in [3.63, 3.8) is 0 Å². The molecule has 0 atom stereocenters. The summed E-state index contributed by atoms with van der Waals surface area (Å²) in [5, 5.41) is 14.4. The molecule has 0 fully saturated rings. The molecule has 10 nitrogen and oxygen atoms in total. The Labute approximate surface area is 188 Å². The molecule has 168 valence electrons. The van der Waals surface area contributed by atoms with Crippen molar-refractivity contribution in [3.8, 4) is 17.2 Å². The van der Waals surface area contributed by atoms with E-state index in [0.717, 1.165) is 0 Å². The molecule has 0 saturated heterocycles. The van der Waals surface area contributed by atoms with Crippen LogP contribution >= 0.6 is 0 Å². The number of amides is 1. The summed E-state index contributed by atoms with van der Waals surface area (Å²) in [6.07, 6.45) is 1.42. The lowest BCUT2D eigenvalue weighted by atomic mass is 10.2. The van der Waals surface area contributed by atoms with Gasteiger partial charge in [-0.25, -0.2) is 10.2 Å². The van der Waals surface area contributed by atoms with Crippen LogP contribution in [0, 0.1) is 10.1 Å². The van der Waals surface area contributed by atoms with Crippen molar-refractivity contribution in [2.45, 2.75) is 0 Å². The zero-order chi connectivity index (χ0) is 23.6. The maximum Gasteiger partial charge on any atom is 0.343 e. The number of non-ortho nitro benzene ring substituents is 1. The minimum atomic E-state index is -0.525. The molecule has 1 amide bonds. The summed E-state index contributed by atoms with van der Waals surface area (Å²) in [4.78, 5) is 34.1. The summed E-state index contributed by atoms with van der Waals surface area (Å²) >= 11 is 0. The standard InChI is InChI=1S/C23H19N3O7/c1-31-19-10-4-17(5-11-19)23(28)33-21-8-2-16(3-9-21)14-24-25-22(27)15-32-20-12-6-18(7-13-20)26(29)30/h2-14H,15H2,1H3,(H,25,27)/b24-14-. The summed E-state index contributed by atoms with van der Waals surface area (Å²) in [6.45, 7) is -0.310. The highest BCUT2D eigenvalue weighted by atomic mass is 16.6. The third-order valence-electron chi connectivity index (χ3n) is 4.24. The van der Waals surface area contributed by atoms with Gasteiger partial charge in [0.05, 0.1) is 23.8 Å². The molecule has 0 radical (unpaired) electrons. The van der Waals surface area contributed by atoms with Crippen LogP contribution in [-0.2, 0) is 4.79 Å². The SMILES string of the molecule is COc1ccc(C(=O)Oc2ccc(/C=N\NC(=O)COc3ccc([N+](=O)[O-])cc3)cc2)cc1. The number of carbonyl (C=O) groups excluding carboxylic acids is 2. The van der Waals surface area contributed by atoms with E-state index in [4.69, 9.17) is 14.2 Å². The second-order valence-electron chi connectivity index (χ2n) is 6.52. The maximum atomic E-state index is 12.2. The minimum absolute atomic E-state index is 0.0714. The number of hydrogen-bond acceptors (Lipinski definition) is 8. The van der Waals surface area contributed by atoms with Crippen molar-refractivity contribution in [1.29, 1.82) is 0 Å². The zero-order valence-electron chi connectivity index (χ0n) is 17.5. The van der Waals surface area contributed by atoms with Crippen LogP contribution in [0.2, 0.25) is 0 Å². The third kappa shape index (κ3) is 6.89. The number of nitro groups is 1. The van der Waals surface area contributed by atoms with Gasteiger partial charge in [0.2, 0.25) is 0 Å². The fourth-order valence-electron chi connectivity index (χ4n) is 2.54. The molecule has 0 aliphatic heterocycles. The highest BCUT2D eigenvalue weighted by Gasteiger charge is 2.09. The van der Waals surface area contributed by atoms with Crippen LogP contribution in [0.4, 0.5) is 5.69 Å². The molecule has 0 aromatic heterocycles. The molecular weight excluding hydrogens is 430 g/mol. The van der Waals surface area contributed by atoms with Gasteiger partial charge in [-0.1, -0.05) is 0 Å². The Morgan fingerprint density at radius 2 is 1.55 bits per heavy atom. The Balaban J connectivity index is 1.44. The van der Waals surface area contributed by atoms with Crippen molar-refractivity contribution in [2.24, 2.45) is 5.10 Å². The van der Waals surface area contributed by atoms with E-state index in [2.05, 4.69) is 10.5 Å². The van der Waals surface area contributed by atoms with Gasteiger partial charge >= 0.3 is 5.97 Å². The summed E-state index contributed by atoms with van der Waals surface area (Å²) in [5.41, 5.74) is 3.29. The molecule has 10 heteroatoms. The first-order valence-corrected chi connectivity index (χ1v) is 9.60. The molecule has 0 spiro atoms. The average Bonchev–Trinajstić information content (AvgIpc) is 2.84. The molecule has 3 aromatic rings. The number of carbonyl (C=O) groups is 2. The molecule has 3 aromatic carbocycles. The normalized spacial score (nSPS) is 10.5. The van der Waals surface area contributed by atoms with Crippen molar-refractivity contribution in [1.82, 2.24) is 5.43 Å². The van der Waals surface area contributed by atoms with Crippen LogP contribution in [0.1, 0.15) is 15.9 Å². The molecular formula is C23H19N3O7. The highest BCUT2D eigenvalue weighted by Crippen LogP contribution is 2.17. The molecule has 0 saturated carbocycles. The van der Waals surface area contributed by atoms with E-state index in [0.29, 0.717) is 28.4 Å². The molecule has 0 unspecified atom stereocenters. The van der Waals surface area contributed by atoms with E-state index >= 15 is 0 Å². The van der Waals surface area contributed by atoms with E-state index < -0.39 is 16.8 Å². The van der Waals surface area contributed by atoms with Crippen LogP contribution in [0.25, 0.3) is 0 Å². The average molecular weight is 449 g/mol. The highest BCUT2D eigenvalue weighted by molar-refractivity contribution is 5.91. The number of hydrazone groups is 1. The number of hydrogen-bond donors (Lipinski definition) is 1. The Hall–Kier alpha value is -4.73. The fraction of sp³-hybridized carbons (Fsp3) is 0.0870. The van der Waals surface area contributed by atoms with Crippen LogP contribution in [0.5, 0.6) is 17.2 Å². The number of ether oxygens (including phenoxy) is 3. The van der Waals surface area contributed by atoms with Crippen LogP contribution in [-0.4, -0.2) is 36.7 Å². The van der Waals surface area contributed by atoms with E-state index in [1.54, 1.807) is 55.6 Å². The second-order valence-corrected chi connectivity index (χ2v) is 6.52. The van der Waals surface area contributed by atoms with Gasteiger partial charge < -0.3 is 14.2 Å². The topological polar surface area (TPSA) is 129 Å². The summed E-state index contributed by atoms with van der Waals surface area (Å²) in [6, 6.07) is 18.4.